The van der Waals surface area contributed by atoms with Crippen molar-refractivity contribution in [1.82, 2.24) is 0 Å². The second-order valence-electron chi connectivity index (χ2n) is 7.73. The van der Waals surface area contributed by atoms with Gasteiger partial charge in [-0.2, -0.15) is 5.26 Å². The van der Waals surface area contributed by atoms with Gasteiger partial charge in [-0.1, -0.05) is 29.8 Å². The summed E-state index contributed by atoms with van der Waals surface area (Å²) in [5.74, 6) is -0.821. The van der Waals surface area contributed by atoms with E-state index < -0.39 is 41.6 Å². The highest BCUT2D eigenvalue weighted by Gasteiger charge is 2.57. The summed E-state index contributed by atoms with van der Waals surface area (Å²) in [6.07, 6.45) is -0.135. The van der Waals surface area contributed by atoms with Crippen LogP contribution in [0.3, 0.4) is 0 Å². The van der Waals surface area contributed by atoms with Crippen molar-refractivity contribution in [3.05, 3.63) is 51.6 Å². The van der Waals surface area contributed by atoms with E-state index in [9.17, 15) is 20.1 Å². The lowest BCUT2D eigenvalue weighted by atomic mass is 9.86. The van der Waals surface area contributed by atoms with Crippen LogP contribution < -0.4 is 0 Å². The quantitative estimate of drug-likeness (QED) is 0.679. The molecule has 0 spiro atoms. The molecule has 4 rings (SSSR count). The molecule has 3 unspecified atom stereocenters. The van der Waals surface area contributed by atoms with E-state index in [0.717, 1.165) is 0 Å². The fraction of sp³-hybridized carbons (Fsp3) is 0.429. The molecule has 3 aliphatic rings. The van der Waals surface area contributed by atoms with E-state index in [2.05, 4.69) is 6.07 Å². The molecule has 1 aromatic carbocycles. The van der Waals surface area contributed by atoms with Gasteiger partial charge >= 0.3 is 0 Å². The van der Waals surface area contributed by atoms with Crippen molar-refractivity contribution in [2.75, 3.05) is 0 Å². The Kier molecular flexibility index (Phi) is 4.70. The number of fused-ring (bicyclic) bond motifs is 3. The highest BCUT2D eigenvalue weighted by molar-refractivity contribution is 6.32. The maximum Gasteiger partial charge on any atom is 0.200 e. The first-order chi connectivity index (χ1) is 13.6. The van der Waals surface area contributed by atoms with Crippen LogP contribution >= 0.6 is 11.6 Å². The number of nitrogens with zero attached hydrogens (tertiary/aromatic N) is 1. The van der Waals surface area contributed by atoms with Crippen molar-refractivity contribution >= 4 is 23.5 Å². The zero-order valence-electron chi connectivity index (χ0n) is 15.8. The maximum atomic E-state index is 12.4. The van der Waals surface area contributed by atoms with Crippen LogP contribution in [-0.4, -0.2) is 51.3 Å². The van der Waals surface area contributed by atoms with E-state index in [1.54, 1.807) is 24.3 Å². The maximum absolute atomic E-state index is 12.4. The molecule has 152 valence electrons. The lowest BCUT2D eigenvalue weighted by molar-refractivity contribution is -0.297. The Bertz CT molecular complexity index is 994. The number of halogens is 1. The van der Waals surface area contributed by atoms with Crippen molar-refractivity contribution in [1.29, 1.82) is 5.26 Å². The van der Waals surface area contributed by atoms with Crippen molar-refractivity contribution in [2.24, 2.45) is 0 Å². The summed E-state index contributed by atoms with van der Waals surface area (Å²) >= 11 is 6.40. The molecule has 0 radical (unpaired) electrons. The number of carbonyl (C=O) groups is 1. The van der Waals surface area contributed by atoms with Crippen LogP contribution in [0.15, 0.2) is 29.9 Å². The van der Waals surface area contributed by atoms with Gasteiger partial charge in [0.15, 0.2) is 23.8 Å². The van der Waals surface area contributed by atoms with Crippen LogP contribution in [0.1, 0.15) is 30.5 Å². The van der Waals surface area contributed by atoms with E-state index in [-0.39, 0.29) is 6.42 Å². The third-order valence-electron chi connectivity index (χ3n) is 5.93. The molecule has 1 saturated heterocycles. The van der Waals surface area contributed by atoms with Crippen molar-refractivity contribution in [2.45, 2.75) is 56.1 Å². The third kappa shape index (κ3) is 2.80. The molecule has 0 aromatic heterocycles. The molecule has 1 heterocycles. The monoisotopic (exact) mass is 417 g/mol. The molecular weight excluding hydrogens is 398 g/mol. The lowest BCUT2D eigenvalue weighted by Gasteiger charge is -2.44. The van der Waals surface area contributed by atoms with Crippen LogP contribution in [-0.2, 0) is 26.3 Å². The molecule has 1 aliphatic heterocycles. The van der Waals surface area contributed by atoms with Crippen LogP contribution in [0.4, 0.5) is 0 Å². The van der Waals surface area contributed by atoms with Gasteiger partial charge in [0.1, 0.15) is 11.7 Å². The number of ketones is 1. The summed E-state index contributed by atoms with van der Waals surface area (Å²) in [5, 5.41) is 41.0. The first-order valence-electron chi connectivity index (χ1n) is 9.19. The molecule has 3 N–H and O–H groups in total. The Morgan fingerprint density at radius 3 is 2.79 bits per heavy atom. The summed E-state index contributed by atoms with van der Waals surface area (Å²) < 4.78 is 11.7. The van der Waals surface area contributed by atoms with Gasteiger partial charge in [-0.3, -0.25) is 4.79 Å². The number of carbonyl (C=O) groups excluding carboxylic acids is 1. The number of hydrogen-bond donors (Lipinski definition) is 3. The SMILES string of the molecule is CC1O[C@@H](O[C@]23C(=Cc4c(Cl)cc(CC#N)cc42)C=C[C@@H]3O)C(O)C(=O)C1(C)O. The average Bonchev–Trinajstić information content (AvgIpc) is 3.14. The molecule has 1 aromatic rings. The second-order valence-corrected chi connectivity index (χ2v) is 8.14. The molecule has 1 fully saturated rings. The first-order valence-corrected chi connectivity index (χ1v) is 9.57. The minimum atomic E-state index is -1.86. The molecule has 0 amide bonds. The number of benzene rings is 1. The molecule has 7 nitrogen and oxygen atoms in total. The number of nitriles is 1. The Hall–Kier alpha value is -2.05. The predicted octanol–water partition coefficient (Wildman–Crippen LogP) is 1.37. The minimum Gasteiger partial charge on any atom is -0.385 e. The average molecular weight is 418 g/mol. The molecule has 8 heteroatoms. The predicted molar refractivity (Wildman–Crippen MR) is 103 cm³/mol. The van der Waals surface area contributed by atoms with Gasteiger partial charge < -0.3 is 24.8 Å². The number of aliphatic hydroxyl groups is 3. The van der Waals surface area contributed by atoms with E-state index in [1.165, 1.54) is 19.9 Å². The zero-order chi connectivity index (χ0) is 21.1. The number of aliphatic hydroxyl groups excluding tert-OH is 2. The van der Waals surface area contributed by atoms with Gasteiger partial charge in [0.25, 0.3) is 0 Å². The van der Waals surface area contributed by atoms with Gasteiger partial charge in [0.05, 0.1) is 18.6 Å². The Balaban J connectivity index is 1.78. The third-order valence-corrected chi connectivity index (χ3v) is 6.25. The molecule has 29 heavy (non-hydrogen) atoms. The van der Waals surface area contributed by atoms with E-state index in [0.29, 0.717) is 27.3 Å². The highest BCUT2D eigenvalue weighted by Crippen LogP contribution is 2.53. The number of hydrogen-bond acceptors (Lipinski definition) is 7. The Morgan fingerprint density at radius 1 is 1.38 bits per heavy atom. The fourth-order valence-electron chi connectivity index (χ4n) is 4.08. The van der Waals surface area contributed by atoms with Gasteiger partial charge in [0, 0.05) is 16.1 Å². The smallest absolute Gasteiger partial charge is 0.200 e. The Labute approximate surface area is 172 Å². The fourth-order valence-corrected chi connectivity index (χ4v) is 4.38. The van der Waals surface area contributed by atoms with Crippen LogP contribution in [0.5, 0.6) is 0 Å². The summed E-state index contributed by atoms with van der Waals surface area (Å²) in [6.45, 7) is 2.77. The molecule has 0 bridgehead atoms. The Morgan fingerprint density at radius 2 is 2.10 bits per heavy atom. The summed E-state index contributed by atoms with van der Waals surface area (Å²) in [4.78, 5) is 12.4. The van der Waals surface area contributed by atoms with Gasteiger partial charge in [-0.15, -0.1) is 0 Å². The van der Waals surface area contributed by atoms with E-state index in [1.807, 2.05) is 0 Å². The topological polar surface area (TPSA) is 120 Å². The summed E-state index contributed by atoms with van der Waals surface area (Å²) in [7, 11) is 0. The standard InChI is InChI=1S/C21H20ClNO6/c1-10-20(2,27)18(26)17(25)19(28-10)29-21-12(3-4-16(21)24)9-13-14(21)7-11(5-6-23)8-15(13)22/h3-4,7-10,16-17,19,24-25,27H,5H2,1-2H3/t10?,16-,17?,19-,20?,21+/m0/s1. The van der Waals surface area contributed by atoms with Crippen molar-refractivity contribution in [3.63, 3.8) is 0 Å². The number of Topliss-reactive ketones (excluding diaryl/α,β-unsaturated/α-hetero) is 1. The van der Waals surface area contributed by atoms with Gasteiger partial charge in [-0.05, 0) is 37.1 Å². The molecule has 6 atom stereocenters. The zero-order valence-corrected chi connectivity index (χ0v) is 16.6. The number of rotatable bonds is 3. The summed E-state index contributed by atoms with van der Waals surface area (Å²) in [5.41, 5.74) is -0.924. The second kappa shape index (κ2) is 6.74. The minimum absolute atomic E-state index is 0.114. The van der Waals surface area contributed by atoms with Crippen LogP contribution in [0, 0.1) is 11.3 Å². The van der Waals surface area contributed by atoms with Crippen LogP contribution in [0.25, 0.3) is 6.08 Å². The molecule has 0 saturated carbocycles. The largest absolute Gasteiger partial charge is 0.385 e. The molecule has 2 aliphatic carbocycles. The van der Waals surface area contributed by atoms with Crippen molar-refractivity contribution < 1.29 is 29.6 Å². The van der Waals surface area contributed by atoms with Gasteiger partial charge in [-0.25, -0.2) is 0 Å². The lowest BCUT2D eigenvalue weighted by Crippen LogP contribution is -2.63. The van der Waals surface area contributed by atoms with Gasteiger partial charge in [0.2, 0.25) is 0 Å². The summed E-state index contributed by atoms with van der Waals surface area (Å²) in [6, 6.07) is 5.47. The van der Waals surface area contributed by atoms with E-state index >= 15 is 0 Å². The van der Waals surface area contributed by atoms with E-state index in [4.69, 9.17) is 26.3 Å². The highest BCUT2D eigenvalue weighted by atomic mass is 35.5. The molecular formula is C21H20ClNO6. The first kappa shape index (κ1) is 20.2. The van der Waals surface area contributed by atoms with Crippen LogP contribution in [0.2, 0.25) is 5.02 Å². The normalized spacial score (nSPS) is 37.8. The van der Waals surface area contributed by atoms with Crippen molar-refractivity contribution in [3.8, 4) is 6.07 Å². The number of ether oxygens (including phenoxy) is 2.